The van der Waals surface area contributed by atoms with Crippen LogP contribution in [0.5, 0.6) is 0 Å². The summed E-state index contributed by atoms with van der Waals surface area (Å²) in [5, 5.41) is 7.03. The monoisotopic (exact) mass is 187 g/mol. The summed E-state index contributed by atoms with van der Waals surface area (Å²) >= 11 is 0. The second-order valence-electron chi connectivity index (χ2n) is 2.44. The first-order chi connectivity index (χ1) is 6.83. The molecule has 0 radical (unpaired) electrons. The molecular formula is C8H5N5O. The van der Waals surface area contributed by atoms with Crippen LogP contribution in [0.3, 0.4) is 0 Å². The number of hydrogen-bond acceptors (Lipinski definition) is 5. The van der Waals surface area contributed by atoms with Gasteiger partial charge >= 0.3 is 0 Å². The number of nitrogens with zero attached hydrogens (tertiary/aromatic N) is 3. The molecule has 0 aliphatic heterocycles. The number of H-pyrrole nitrogens is 1. The fourth-order valence-electron chi connectivity index (χ4n) is 1.07. The van der Waals surface area contributed by atoms with Crippen molar-refractivity contribution in [3.8, 4) is 11.8 Å². The number of carbonyl (C=O) groups is 1. The van der Waals surface area contributed by atoms with Gasteiger partial charge in [0.2, 0.25) is 0 Å². The molecule has 0 spiro atoms. The van der Waals surface area contributed by atoms with E-state index in [-0.39, 0.29) is 0 Å². The summed E-state index contributed by atoms with van der Waals surface area (Å²) in [6.45, 7) is 0. The molecule has 2 rings (SSSR count). The maximum absolute atomic E-state index is 10.1. The zero-order chi connectivity index (χ0) is 9.97. The molecule has 2 heterocycles. The van der Waals surface area contributed by atoms with E-state index < -0.39 is 0 Å². The third-order valence-corrected chi connectivity index (χ3v) is 1.64. The van der Waals surface area contributed by atoms with Crippen LogP contribution in [-0.4, -0.2) is 26.5 Å². The number of aldehydes is 1. The molecule has 0 unspecified atom stereocenters. The van der Waals surface area contributed by atoms with Crippen LogP contribution in [0, 0.1) is 11.8 Å². The Hall–Kier alpha value is -2.42. The highest BCUT2D eigenvalue weighted by Crippen LogP contribution is 2.16. The smallest absolute Gasteiger partial charge is 0.193 e. The zero-order valence-electron chi connectivity index (χ0n) is 6.98. The summed E-state index contributed by atoms with van der Waals surface area (Å²) in [7, 11) is 0. The van der Waals surface area contributed by atoms with Crippen molar-refractivity contribution in [2.45, 2.75) is 0 Å². The van der Waals surface area contributed by atoms with E-state index in [2.05, 4.69) is 32.0 Å². The predicted octanol–water partition coefficient (Wildman–Crippen LogP) is -0.515. The summed E-state index contributed by atoms with van der Waals surface area (Å²) < 4.78 is 0. The van der Waals surface area contributed by atoms with Crippen LogP contribution in [0.25, 0.3) is 11.0 Å². The standard InChI is InChI=1S/C8H5N5O/c9-7-6-5(2-1-3-14)12-13-8(6)11-4-10-7/h3-4H,(H3,9,10,11,12,13). The molecule has 2 aromatic rings. The predicted molar refractivity (Wildman–Crippen MR) is 49.0 cm³/mol. The molecule has 0 bridgehead atoms. The Morgan fingerprint density at radius 1 is 1.50 bits per heavy atom. The van der Waals surface area contributed by atoms with Crippen LogP contribution in [0.1, 0.15) is 5.69 Å². The Morgan fingerprint density at radius 2 is 2.36 bits per heavy atom. The number of hydrogen-bond donors (Lipinski definition) is 2. The summed E-state index contributed by atoms with van der Waals surface area (Å²) in [6, 6.07) is 0. The van der Waals surface area contributed by atoms with E-state index in [4.69, 9.17) is 5.73 Å². The molecule has 0 aliphatic carbocycles. The van der Waals surface area contributed by atoms with E-state index in [0.717, 1.165) is 0 Å². The second-order valence-corrected chi connectivity index (χ2v) is 2.44. The first kappa shape index (κ1) is 8.19. The van der Waals surface area contributed by atoms with Crippen molar-refractivity contribution < 1.29 is 4.79 Å². The lowest BCUT2D eigenvalue weighted by Crippen LogP contribution is -1.92. The van der Waals surface area contributed by atoms with Gasteiger partial charge in [-0.1, -0.05) is 0 Å². The maximum atomic E-state index is 10.1. The molecule has 68 valence electrons. The first-order valence-corrected chi connectivity index (χ1v) is 3.72. The van der Waals surface area contributed by atoms with E-state index in [9.17, 15) is 4.79 Å². The van der Waals surface area contributed by atoms with Gasteiger partial charge in [-0.2, -0.15) is 5.10 Å². The van der Waals surface area contributed by atoms with E-state index in [0.29, 0.717) is 28.8 Å². The minimum Gasteiger partial charge on any atom is -0.383 e. The SMILES string of the molecule is Nc1ncnc2n[nH]c(C#CC=O)c12. The molecule has 14 heavy (non-hydrogen) atoms. The minimum atomic E-state index is 0.291. The molecule has 0 saturated heterocycles. The average Bonchev–Trinajstić information content (AvgIpc) is 2.59. The molecule has 0 aromatic carbocycles. The number of nitrogens with two attached hydrogens (primary N) is 1. The zero-order valence-corrected chi connectivity index (χ0v) is 6.98. The Balaban J connectivity index is 2.73. The van der Waals surface area contributed by atoms with Gasteiger partial charge in [-0.3, -0.25) is 9.89 Å². The molecule has 0 aliphatic rings. The molecule has 2 aromatic heterocycles. The van der Waals surface area contributed by atoms with E-state index in [1.807, 2.05) is 0 Å². The Morgan fingerprint density at radius 3 is 3.14 bits per heavy atom. The van der Waals surface area contributed by atoms with Crippen molar-refractivity contribution in [3.63, 3.8) is 0 Å². The van der Waals surface area contributed by atoms with Gasteiger partial charge in [-0.15, -0.1) is 0 Å². The number of anilines is 1. The second kappa shape index (κ2) is 3.14. The minimum absolute atomic E-state index is 0.291. The number of nitrogens with one attached hydrogen (secondary N) is 1. The van der Waals surface area contributed by atoms with Crippen molar-refractivity contribution in [1.29, 1.82) is 0 Å². The average molecular weight is 187 g/mol. The van der Waals surface area contributed by atoms with Gasteiger partial charge in [0.1, 0.15) is 17.8 Å². The number of nitrogen functional groups attached to an aromatic ring is 1. The summed E-state index contributed by atoms with van der Waals surface area (Å²) in [6.07, 6.45) is 1.81. The number of rotatable bonds is 0. The molecule has 0 saturated carbocycles. The number of carbonyl (C=O) groups excluding carboxylic acids is 1. The summed E-state index contributed by atoms with van der Waals surface area (Å²) in [5.74, 6) is 5.11. The number of aromatic amines is 1. The molecule has 0 atom stereocenters. The Labute approximate surface area is 78.5 Å². The van der Waals surface area contributed by atoms with Crippen LogP contribution >= 0.6 is 0 Å². The summed E-state index contributed by atoms with van der Waals surface area (Å²) in [4.78, 5) is 17.7. The fourth-order valence-corrected chi connectivity index (χ4v) is 1.07. The van der Waals surface area contributed by atoms with Gasteiger partial charge < -0.3 is 5.73 Å². The van der Waals surface area contributed by atoms with Crippen molar-refractivity contribution in [2.24, 2.45) is 0 Å². The molecule has 0 amide bonds. The van der Waals surface area contributed by atoms with Crippen LogP contribution in [-0.2, 0) is 4.79 Å². The third kappa shape index (κ3) is 1.17. The van der Waals surface area contributed by atoms with Gasteiger partial charge in [-0.05, 0) is 11.8 Å². The van der Waals surface area contributed by atoms with Crippen LogP contribution in [0.4, 0.5) is 5.82 Å². The third-order valence-electron chi connectivity index (χ3n) is 1.64. The van der Waals surface area contributed by atoms with Gasteiger partial charge in [0.15, 0.2) is 11.9 Å². The lowest BCUT2D eigenvalue weighted by atomic mass is 10.3. The fraction of sp³-hybridized carbons (Fsp3) is 0. The maximum Gasteiger partial charge on any atom is 0.193 e. The van der Waals surface area contributed by atoms with E-state index in [1.54, 1.807) is 0 Å². The van der Waals surface area contributed by atoms with Crippen LogP contribution < -0.4 is 5.73 Å². The molecule has 3 N–H and O–H groups in total. The lowest BCUT2D eigenvalue weighted by Gasteiger charge is -1.91. The van der Waals surface area contributed by atoms with Gasteiger partial charge in [0.05, 0.1) is 5.39 Å². The van der Waals surface area contributed by atoms with Gasteiger partial charge in [0, 0.05) is 0 Å². The van der Waals surface area contributed by atoms with E-state index in [1.165, 1.54) is 6.33 Å². The van der Waals surface area contributed by atoms with Crippen molar-refractivity contribution in [1.82, 2.24) is 20.2 Å². The number of fused-ring (bicyclic) bond motifs is 1. The number of aromatic nitrogens is 4. The largest absolute Gasteiger partial charge is 0.383 e. The lowest BCUT2D eigenvalue weighted by molar-refractivity contribution is -0.103. The summed E-state index contributed by atoms with van der Waals surface area (Å²) in [5.41, 5.74) is 6.49. The van der Waals surface area contributed by atoms with Crippen LogP contribution in [0.15, 0.2) is 6.33 Å². The highest BCUT2D eigenvalue weighted by atomic mass is 16.1. The van der Waals surface area contributed by atoms with E-state index >= 15 is 0 Å². The van der Waals surface area contributed by atoms with Crippen molar-refractivity contribution in [3.05, 3.63) is 12.0 Å². The van der Waals surface area contributed by atoms with Gasteiger partial charge in [0.25, 0.3) is 0 Å². The molecule has 6 heteroatoms. The highest BCUT2D eigenvalue weighted by Gasteiger charge is 2.07. The molecular weight excluding hydrogens is 182 g/mol. The normalized spacial score (nSPS) is 9.43. The molecule has 0 fully saturated rings. The van der Waals surface area contributed by atoms with Crippen molar-refractivity contribution >= 4 is 23.1 Å². The highest BCUT2D eigenvalue weighted by molar-refractivity contribution is 5.90. The van der Waals surface area contributed by atoms with Gasteiger partial charge in [-0.25, -0.2) is 9.97 Å². The Kier molecular flexibility index (Phi) is 1.84. The van der Waals surface area contributed by atoms with Crippen molar-refractivity contribution in [2.75, 3.05) is 5.73 Å². The molecule has 6 nitrogen and oxygen atoms in total. The topological polar surface area (TPSA) is 97.5 Å². The quantitative estimate of drug-likeness (QED) is 0.427. The Bertz CT molecular complexity index is 548. The van der Waals surface area contributed by atoms with Crippen LogP contribution in [0.2, 0.25) is 0 Å². The first-order valence-electron chi connectivity index (χ1n) is 3.72.